The van der Waals surface area contributed by atoms with Crippen LogP contribution in [-0.2, 0) is 0 Å². The number of nitrogens with zero attached hydrogens (tertiary/aromatic N) is 1. The van der Waals surface area contributed by atoms with Crippen LogP contribution in [0.1, 0.15) is 104 Å². The SMILES string of the molecule is C=NCC1C[C@H](C(C)(CC2CCCC2)CC2CC[C@H](C3=C/C=C\C=C/C=C3)C2)CCCCC1C. The molecule has 3 fully saturated rings. The molecule has 0 heterocycles. The van der Waals surface area contributed by atoms with E-state index in [1.165, 1.54) is 89.9 Å². The second-order valence-electron chi connectivity index (χ2n) is 12.7. The van der Waals surface area contributed by atoms with Crippen LogP contribution in [-0.4, -0.2) is 13.3 Å². The minimum absolute atomic E-state index is 0.499. The summed E-state index contributed by atoms with van der Waals surface area (Å²) in [6, 6.07) is 0. The van der Waals surface area contributed by atoms with E-state index in [0.717, 1.165) is 42.1 Å². The molecule has 0 N–H and O–H groups in total. The van der Waals surface area contributed by atoms with Gasteiger partial charge in [-0.1, -0.05) is 101 Å². The zero-order valence-corrected chi connectivity index (χ0v) is 22.3. The van der Waals surface area contributed by atoms with Crippen LogP contribution in [0.2, 0.25) is 0 Å². The van der Waals surface area contributed by atoms with Gasteiger partial charge in [0.1, 0.15) is 0 Å². The maximum Gasteiger partial charge on any atom is 0.0413 e. The Morgan fingerprint density at radius 1 is 0.824 bits per heavy atom. The number of hydrogen-bond donors (Lipinski definition) is 0. The molecule has 0 bridgehead atoms. The zero-order valence-electron chi connectivity index (χ0n) is 22.3. The Balaban J connectivity index is 1.49. The van der Waals surface area contributed by atoms with Gasteiger partial charge in [-0.05, 0) is 98.2 Å². The monoisotopic (exact) mass is 461 g/mol. The summed E-state index contributed by atoms with van der Waals surface area (Å²) in [5.74, 6) is 5.05. The Kier molecular flexibility index (Phi) is 9.49. The van der Waals surface area contributed by atoms with E-state index in [0.29, 0.717) is 5.41 Å². The van der Waals surface area contributed by atoms with Crippen LogP contribution >= 0.6 is 0 Å². The molecule has 0 saturated heterocycles. The topological polar surface area (TPSA) is 12.4 Å². The van der Waals surface area contributed by atoms with E-state index in [9.17, 15) is 0 Å². The highest BCUT2D eigenvalue weighted by molar-refractivity contribution is 5.33. The van der Waals surface area contributed by atoms with Gasteiger partial charge in [0.2, 0.25) is 0 Å². The Bertz CT molecular complexity index is 763. The Morgan fingerprint density at radius 2 is 1.53 bits per heavy atom. The van der Waals surface area contributed by atoms with Crippen LogP contribution < -0.4 is 0 Å². The molecule has 0 aromatic rings. The molecular weight excluding hydrogens is 410 g/mol. The van der Waals surface area contributed by atoms with Crippen molar-refractivity contribution in [1.82, 2.24) is 0 Å². The van der Waals surface area contributed by atoms with Crippen LogP contribution in [0.4, 0.5) is 0 Å². The maximum atomic E-state index is 4.41. The fraction of sp³-hybridized carbons (Fsp3) is 0.727. The molecule has 0 aromatic heterocycles. The molecule has 34 heavy (non-hydrogen) atoms. The van der Waals surface area contributed by atoms with Crippen molar-refractivity contribution in [3.05, 3.63) is 48.1 Å². The lowest BCUT2D eigenvalue weighted by Crippen LogP contribution is -2.35. The van der Waals surface area contributed by atoms with Gasteiger partial charge in [0.25, 0.3) is 0 Å². The summed E-state index contributed by atoms with van der Waals surface area (Å²) < 4.78 is 0. The van der Waals surface area contributed by atoms with Gasteiger partial charge in [-0.3, -0.25) is 0 Å². The summed E-state index contributed by atoms with van der Waals surface area (Å²) >= 11 is 0. The largest absolute Gasteiger partial charge is 0.301 e. The lowest BCUT2D eigenvalue weighted by Gasteiger charge is -2.45. The van der Waals surface area contributed by atoms with E-state index in [2.05, 4.69) is 68.1 Å². The first-order valence-electron chi connectivity index (χ1n) is 14.7. The molecule has 4 aliphatic carbocycles. The minimum atomic E-state index is 0.499. The first-order valence-corrected chi connectivity index (χ1v) is 14.7. The minimum Gasteiger partial charge on any atom is -0.301 e. The molecule has 0 aromatic carbocycles. The third kappa shape index (κ3) is 6.86. The molecule has 3 saturated carbocycles. The lowest BCUT2D eigenvalue weighted by atomic mass is 9.61. The van der Waals surface area contributed by atoms with Crippen molar-refractivity contribution < 1.29 is 0 Å². The van der Waals surface area contributed by atoms with Crippen LogP contribution in [0.5, 0.6) is 0 Å². The average Bonchev–Trinajstić information content (AvgIpc) is 3.45. The van der Waals surface area contributed by atoms with Crippen molar-refractivity contribution in [2.75, 3.05) is 6.54 Å². The van der Waals surface area contributed by atoms with Crippen molar-refractivity contribution in [3.63, 3.8) is 0 Å². The van der Waals surface area contributed by atoms with Gasteiger partial charge in [0, 0.05) is 6.54 Å². The van der Waals surface area contributed by atoms with Gasteiger partial charge in [-0.2, -0.15) is 0 Å². The van der Waals surface area contributed by atoms with Crippen molar-refractivity contribution in [1.29, 1.82) is 0 Å². The van der Waals surface area contributed by atoms with Gasteiger partial charge < -0.3 is 4.99 Å². The highest BCUT2D eigenvalue weighted by Gasteiger charge is 2.42. The van der Waals surface area contributed by atoms with Gasteiger partial charge in [-0.25, -0.2) is 0 Å². The highest BCUT2D eigenvalue weighted by atomic mass is 14.7. The second kappa shape index (κ2) is 12.5. The Labute approximate surface area is 211 Å². The van der Waals surface area contributed by atoms with Crippen LogP contribution in [0.3, 0.4) is 0 Å². The molecule has 0 spiro atoms. The molecule has 4 aliphatic rings. The summed E-state index contributed by atoms with van der Waals surface area (Å²) in [6.45, 7) is 10.1. The Hall–Kier alpha value is -1.37. The van der Waals surface area contributed by atoms with Gasteiger partial charge in [0.05, 0.1) is 0 Å². The molecule has 1 heteroatoms. The van der Waals surface area contributed by atoms with Gasteiger partial charge in [0.15, 0.2) is 0 Å². The highest BCUT2D eigenvalue weighted by Crippen LogP contribution is 2.52. The molecule has 4 rings (SSSR count). The van der Waals surface area contributed by atoms with E-state index >= 15 is 0 Å². The molecule has 1 nitrogen and oxygen atoms in total. The van der Waals surface area contributed by atoms with Crippen LogP contribution in [0, 0.1) is 40.9 Å². The smallest absolute Gasteiger partial charge is 0.0413 e. The van der Waals surface area contributed by atoms with Crippen molar-refractivity contribution in [2.24, 2.45) is 45.9 Å². The van der Waals surface area contributed by atoms with E-state index < -0.39 is 0 Å². The van der Waals surface area contributed by atoms with E-state index in [4.69, 9.17) is 0 Å². The second-order valence-corrected chi connectivity index (χ2v) is 12.7. The molecule has 0 aliphatic heterocycles. The number of allylic oxidation sites excluding steroid dienone is 8. The third-order valence-electron chi connectivity index (χ3n) is 10.2. The first-order chi connectivity index (χ1) is 16.6. The van der Waals surface area contributed by atoms with Crippen molar-refractivity contribution in [3.8, 4) is 0 Å². The molecular formula is C33H51N. The third-order valence-corrected chi connectivity index (χ3v) is 10.2. The van der Waals surface area contributed by atoms with Crippen LogP contribution in [0.15, 0.2) is 53.1 Å². The summed E-state index contributed by atoms with van der Waals surface area (Å²) in [7, 11) is 0. The summed E-state index contributed by atoms with van der Waals surface area (Å²) in [5, 5.41) is 0. The molecule has 0 amide bonds. The van der Waals surface area contributed by atoms with Crippen molar-refractivity contribution >= 4 is 6.72 Å². The standard InChI is InChI=1S/C33H51N/c1-26-13-9-12-18-32(22-31(26)25-34-3)33(2,23-27-14-10-11-15-27)24-28-19-20-30(21-28)29-16-7-5-4-6-8-17-29/h4-8,16-17,26-28,30-32H,3,9-15,18-25H2,1-2H3/b5-4-,6-4?,7-5?,8-6-,16-7?,17-8?,29-16?,29-17?/t26?,28?,30-,31?,32+,33?/m0/s1. The van der Waals surface area contributed by atoms with E-state index in [1.807, 2.05) is 0 Å². The van der Waals surface area contributed by atoms with Gasteiger partial charge in [-0.15, -0.1) is 0 Å². The van der Waals surface area contributed by atoms with Crippen molar-refractivity contribution in [2.45, 2.75) is 104 Å². The average molecular weight is 462 g/mol. The molecule has 4 unspecified atom stereocenters. The number of hydrogen-bond acceptors (Lipinski definition) is 1. The molecule has 6 atom stereocenters. The quantitative estimate of drug-likeness (QED) is 0.319. The fourth-order valence-corrected chi connectivity index (χ4v) is 8.23. The maximum absolute atomic E-state index is 4.41. The molecule has 0 radical (unpaired) electrons. The number of aliphatic imine (C=N–C) groups is 1. The summed E-state index contributed by atoms with van der Waals surface area (Å²) in [6.07, 6.45) is 35.8. The number of rotatable bonds is 8. The Morgan fingerprint density at radius 3 is 2.35 bits per heavy atom. The predicted molar refractivity (Wildman–Crippen MR) is 149 cm³/mol. The summed E-state index contributed by atoms with van der Waals surface area (Å²) in [4.78, 5) is 4.41. The van der Waals surface area contributed by atoms with Crippen LogP contribution in [0.25, 0.3) is 0 Å². The molecule has 188 valence electrons. The lowest BCUT2D eigenvalue weighted by molar-refractivity contribution is 0.0585. The first kappa shape index (κ1) is 25.7. The van der Waals surface area contributed by atoms with E-state index in [1.54, 1.807) is 5.57 Å². The van der Waals surface area contributed by atoms with E-state index in [-0.39, 0.29) is 0 Å². The predicted octanol–water partition coefficient (Wildman–Crippen LogP) is 9.52. The summed E-state index contributed by atoms with van der Waals surface area (Å²) in [5.41, 5.74) is 2.05. The zero-order chi connectivity index (χ0) is 23.8. The fourth-order valence-electron chi connectivity index (χ4n) is 8.23. The van der Waals surface area contributed by atoms with Gasteiger partial charge >= 0.3 is 0 Å². The normalized spacial score (nSPS) is 36.5.